The van der Waals surface area contributed by atoms with Crippen molar-refractivity contribution in [1.29, 1.82) is 0 Å². The summed E-state index contributed by atoms with van der Waals surface area (Å²) in [4.78, 5) is 27.0. The highest BCUT2D eigenvalue weighted by Crippen LogP contribution is 2.27. The van der Waals surface area contributed by atoms with Crippen LogP contribution in [-0.4, -0.2) is 84.6 Å². The maximum atomic E-state index is 13.4. The van der Waals surface area contributed by atoms with Crippen molar-refractivity contribution in [2.24, 2.45) is 0 Å². The summed E-state index contributed by atoms with van der Waals surface area (Å²) in [6.45, 7) is 5.78. The molecule has 2 saturated heterocycles. The normalized spacial score (nSPS) is 23.2. The van der Waals surface area contributed by atoms with Crippen LogP contribution in [0.2, 0.25) is 0 Å². The Hall–Kier alpha value is -3.22. The van der Waals surface area contributed by atoms with E-state index in [0.29, 0.717) is 25.3 Å². The van der Waals surface area contributed by atoms with Gasteiger partial charge in [-0.25, -0.2) is 18.4 Å². The lowest BCUT2D eigenvalue weighted by atomic mass is 10.1. The van der Waals surface area contributed by atoms with Crippen LogP contribution in [0, 0.1) is 0 Å². The van der Waals surface area contributed by atoms with Crippen molar-refractivity contribution >= 4 is 38.5 Å². The van der Waals surface area contributed by atoms with E-state index in [2.05, 4.69) is 30.5 Å². The van der Waals surface area contributed by atoms with Crippen LogP contribution < -0.4 is 15.5 Å². The summed E-state index contributed by atoms with van der Waals surface area (Å²) in [5.74, 6) is 0.663. The molecule has 0 spiro atoms. The summed E-state index contributed by atoms with van der Waals surface area (Å²) in [5, 5.41) is 7.10. The number of aromatic amines is 1. The highest BCUT2D eigenvalue weighted by molar-refractivity contribution is 7.89. The largest absolute Gasteiger partial charge is 0.375 e. The van der Waals surface area contributed by atoms with Gasteiger partial charge in [0.15, 0.2) is 0 Å². The zero-order chi connectivity index (χ0) is 26.0. The zero-order valence-electron chi connectivity index (χ0n) is 21.1. The summed E-state index contributed by atoms with van der Waals surface area (Å²) in [6, 6.07) is 8.63. The molecule has 0 radical (unpaired) electrons. The van der Waals surface area contributed by atoms with Gasteiger partial charge in [0.05, 0.1) is 29.8 Å². The summed E-state index contributed by atoms with van der Waals surface area (Å²) in [6.07, 6.45) is 4.80. The number of nitrogens with zero attached hydrogens (tertiary/aromatic N) is 4. The van der Waals surface area contributed by atoms with Crippen LogP contribution in [-0.2, 0) is 19.6 Å². The first-order chi connectivity index (χ1) is 17.8. The van der Waals surface area contributed by atoms with Gasteiger partial charge in [0.25, 0.3) is 0 Å². The maximum Gasteiger partial charge on any atom is 0.245 e. The molecule has 1 aromatic carbocycles. The van der Waals surface area contributed by atoms with Crippen LogP contribution in [0.4, 0.5) is 11.5 Å². The van der Waals surface area contributed by atoms with Gasteiger partial charge >= 0.3 is 0 Å². The number of carbonyl (C=O) groups is 1. The lowest BCUT2D eigenvalue weighted by Crippen LogP contribution is -2.49. The Labute approximate surface area is 216 Å². The van der Waals surface area contributed by atoms with E-state index in [1.54, 1.807) is 30.6 Å². The Kier molecular flexibility index (Phi) is 7.31. The molecule has 2 aromatic heterocycles. The van der Waals surface area contributed by atoms with Crippen molar-refractivity contribution < 1.29 is 17.9 Å². The number of anilines is 2. The number of ether oxygens (including phenoxy) is 1. The number of benzene rings is 1. The minimum absolute atomic E-state index is 0.0332. The van der Waals surface area contributed by atoms with E-state index in [1.165, 1.54) is 4.31 Å². The molecule has 37 heavy (non-hydrogen) atoms. The van der Waals surface area contributed by atoms with E-state index in [1.807, 2.05) is 26.1 Å². The van der Waals surface area contributed by atoms with Crippen LogP contribution >= 0.6 is 0 Å². The molecule has 1 amide bonds. The molecule has 4 heterocycles. The molecule has 0 saturated carbocycles. The molecular weight excluding hydrogens is 494 g/mol. The van der Waals surface area contributed by atoms with Crippen molar-refractivity contribution in [3.05, 3.63) is 42.9 Å². The van der Waals surface area contributed by atoms with E-state index >= 15 is 0 Å². The van der Waals surface area contributed by atoms with Gasteiger partial charge in [-0.05, 0) is 44.9 Å². The SMILES string of the molecule is CC1CN(S(=O)(=O)c2ccccc2NCC(=O)N[C@@H]2CCCN(c3ncnc4[nH]ccc34)C2)CC(C)O1. The lowest BCUT2D eigenvalue weighted by Gasteiger charge is -2.35. The number of rotatable bonds is 7. The molecular formula is C25H33N7O4S. The van der Waals surface area contributed by atoms with Crippen LogP contribution in [0.15, 0.2) is 47.8 Å². The molecule has 0 bridgehead atoms. The minimum atomic E-state index is -3.75. The summed E-state index contributed by atoms with van der Waals surface area (Å²) in [5.41, 5.74) is 1.19. The van der Waals surface area contributed by atoms with Gasteiger partial charge in [0.2, 0.25) is 15.9 Å². The zero-order valence-corrected chi connectivity index (χ0v) is 21.9. The fourth-order valence-electron chi connectivity index (χ4n) is 5.16. The van der Waals surface area contributed by atoms with Crippen molar-refractivity contribution in [3.63, 3.8) is 0 Å². The van der Waals surface area contributed by atoms with Crippen LogP contribution in [0.5, 0.6) is 0 Å². The van der Waals surface area contributed by atoms with Gasteiger partial charge in [-0.2, -0.15) is 4.31 Å². The molecule has 2 aliphatic heterocycles. The summed E-state index contributed by atoms with van der Waals surface area (Å²) < 4.78 is 34.0. The topological polar surface area (TPSA) is 133 Å². The highest BCUT2D eigenvalue weighted by atomic mass is 32.2. The van der Waals surface area contributed by atoms with E-state index < -0.39 is 10.0 Å². The Morgan fingerprint density at radius 1 is 1.14 bits per heavy atom. The van der Waals surface area contributed by atoms with Gasteiger partial charge in [-0.15, -0.1) is 0 Å². The molecule has 198 valence electrons. The number of amides is 1. The first-order valence-corrected chi connectivity index (χ1v) is 14.1. The predicted octanol–water partition coefficient (Wildman–Crippen LogP) is 1.95. The molecule has 5 rings (SSSR count). The summed E-state index contributed by atoms with van der Waals surface area (Å²) >= 11 is 0. The Balaban J connectivity index is 1.22. The predicted molar refractivity (Wildman–Crippen MR) is 141 cm³/mol. The van der Waals surface area contributed by atoms with Gasteiger partial charge in [-0.3, -0.25) is 4.79 Å². The number of carbonyl (C=O) groups excluding carboxylic acids is 1. The number of morpholine rings is 1. The van der Waals surface area contributed by atoms with Gasteiger partial charge in [0, 0.05) is 38.4 Å². The standard InChI is InChI=1S/C25H33N7O4S/c1-17-13-32(14-18(2)36-17)37(34,35)22-8-4-3-7-21(22)27-12-23(33)30-19-6-5-11-31(15-19)25-20-9-10-26-24(20)28-16-29-25/h3-4,7-10,16-19,27H,5-6,11-15H2,1-2H3,(H,30,33)(H,26,28,29)/t17?,18?,19-/m1/s1. The third-order valence-corrected chi connectivity index (χ3v) is 8.64. The highest BCUT2D eigenvalue weighted by Gasteiger charge is 2.33. The number of H-pyrrole nitrogens is 1. The Morgan fingerprint density at radius 3 is 2.73 bits per heavy atom. The second-order valence-corrected chi connectivity index (χ2v) is 11.6. The second kappa shape index (κ2) is 10.6. The molecule has 11 nitrogen and oxygen atoms in total. The average Bonchev–Trinajstić information content (AvgIpc) is 3.36. The average molecular weight is 528 g/mol. The van der Waals surface area contributed by atoms with Gasteiger partial charge in [0.1, 0.15) is 22.7 Å². The third-order valence-electron chi connectivity index (χ3n) is 6.75. The molecule has 2 unspecified atom stereocenters. The number of piperidine rings is 1. The van der Waals surface area contributed by atoms with Crippen molar-refractivity contribution in [2.75, 3.05) is 42.9 Å². The van der Waals surface area contributed by atoms with Crippen molar-refractivity contribution in [1.82, 2.24) is 24.6 Å². The molecule has 0 aliphatic carbocycles. The van der Waals surface area contributed by atoms with E-state index in [4.69, 9.17) is 4.74 Å². The molecule has 3 aromatic rings. The molecule has 2 fully saturated rings. The van der Waals surface area contributed by atoms with Crippen LogP contribution in [0.25, 0.3) is 11.0 Å². The second-order valence-electron chi connectivity index (χ2n) is 9.72. The smallest absolute Gasteiger partial charge is 0.245 e. The minimum Gasteiger partial charge on any atom is -0.375 e. The number of hydrogen-bond acceptors (Lipinski definition) is 8. The van der Waals surface area contributed by atoms with Gasteiger partial charge in [-0.1, -0.05) is 12.1 Å². The fourth-order valence-corrected chi connectivity index (χ4v) is 6.92. The first kappa shape index (κ1) is 25.4. The number of fused-ring (bicyclic) bond motifs is 1. The van der Waals surface area contributed by atoms with Gasteiger partial charge < -0.3 is 25.3 Å². The van der Waals surface area contributed by atoms with Crippen molar-refractivity contribution in [2.45, 2.75) is 49.8 Å². The first-order valence-electron chi connectivity index (χ1n) is 12.6. The number of aromatic nitrogens is 3. The number of nitrogens with one attached hydrogen (secondary N) is 3. The fraction of sp³-hybridized carbons (Fsp3) is 0.480. The van der Waals surface area contributed by atoms with Crippen LogP contribution in [0.3, 0.4) is 0 Å². The van der Waals surface area contributed by atoms with E-state index in [9.17, 15) is 13.2 Å². The quantitative estimate of drug-likeness (QED) is 0.425. The van der Waals surface area contributed by atoms with E-state index in [-0.39, 0.29) is 35.6 Å². The molecule has 3 N–H and O–H groups in total. The van der Waals surface area contributed by atoms with E-state index in [0.717, 1.165) is 36.2 Å². The summed E-state index contributed by atoms with van der Waals surface area (Å²) in [7, 11) is -3.75. The maximum absolute atomic E-state index is 13.4. The third kappa shape index (κ3) is 5.55. The monoisotopic (exact) mass is 527 g/mol. The number of hydrogen-bond donors (Lipinski definition) is 3. The lowest BCUT2D eigenvalue weighted by molar-refractivity contribution is -0.120. The number of sulfonamides is 1. The number of para-hydroxylation sites is 1. The molecule has 12 heteroatoms. The molecule has 3 atom stereocenters. The van der Waals surface area contributed by atoms with Crippen molar-refractivity contribution in [3.8, 4) is 0 Å². The Morgan fingerprint density at radius 2 is 1.92 bits per heavy atom. The van der Waals surface area contributed by atoms with Crippen LogP contribution in [0.1, 0.15) is 26.7 Å². The Bertz CT molecular complexity index is 1350. The molecule has 2 aliphatic rings.